The number of hydrogen-bond acceptors (Lipinski definition) is 2. The van der Waals surface area contributed by atoms with Gasteiger partial charge >= 0.3 is 0 Å². The zero-order valence-electron chi connectivity index (χ0n) is 10.7. The van der Waals surface area contributed by atoms with E-state index < -0.39 is 12.2 Å². The molecule has 0 aromatic heterocycles. The minimum atomic E-state index is -0.510. The van der Waals surface area contributed by atoms with Crippen LogP contribution in [0.4, 0.5) is 5.69 Å². The number of aliphatic hydroxyl groups excluding tert-OH is 2. The van der Waals surface area contributed by atoms with E-state index in [1.54, 1.807) is 13.8 Å². The Bertz CT molecular complexity index is 338. The molecule has 0 saturated carbocycles. The summed E-state index contributed by atoms with van der Waals surface area (Å²) in [7, 11) is 6.19. The summed E-state index contributed by atoms with van der Waals surface area (Å²) in [6.45, 7) is 3.47. The smallest absolute Gasteiger partial charge is 0.132 e. The molecule has 90 valence electrons. The Balaban J connectivity index is 3.30. The van der Waals surface area contributed by atoms with Crippen molar-refractivity contribution >= 4 is 5.69 Å². The number of quaternary nitrogens is 1. The number of rotatable bonds is 3. The summed E-state index contributed by atoms with van der Waals surface area (Å²) in [5.41, 5.74) is 2.78. The van der Waals surface area contributed by atoms with Crippen molar-refractivity contribution in [2.75, 3.05) is 21.1 Å². The highest BCUT2D eigenvalue weighted by atomic mass is 16.3. The van der Waals surface area contributed by atoms with Gasteiger partial charge in [-0.1, -0.05) is 6.07 Å². The molecule has 3 nitrogen and oxygen atoms in total. The zero-order chi connectivity index (χ0) is 12.5. The van der Waals surface area contributed by atoms with Crippen LogP contribution in [0.25, 0.3) is 0 Å². The molecule has 2 unspecified atom stereocenters. The molecular weight excluding hydrogens is 202 g/mol. The van der Waals surface area contributed by atoms with Crippen molar-refractivity contribution in [2.45, 2.75) is 26.1 Å². The molecule has 16 heavy (non-hydrogen) atoms. The van der Waals surface area contributed by atoms with Gasteiger partial charge in [-0.3, -0.25) is 4.48 Å². The van der Waals surface area contributed by atoms with Gasteiger partial charge in [0.2, 0.25) is 0 Å². The molecule has 0 spiro atoms. The van der Waals surface area contributed by atoms with Gasteiger partial charge in [0.15, 0.2) is 0 Å². The monoisotopic (exact) mass is 224 g/mol. The van der Waals surface area contributed by atoms with Gasteiger partial charge < -0.3 is 10.2 Å². The zero-order valence-corrected chi connectivity index (χ0v) is 10.7. The van der Waals surface area contributed by atoms with Crippen LogP contribution in [0.2, 0.25) is 0 Å². The van der Waals surface area contributed by atoms with E-state index in [9.17, 15) is 10.2 Å². The molecule has 2 atom stereocenters. The highest BCUT2D eigenvalue weighted by molar-refractivity contribution is 5.48. The van der Waals surface area contributed by atoms with Crippen molar-refractivity contribution in [3.05, 3.63) is 29.3 Å². The molecule has 0 bridgehead atoms. The molecule has 0 saturated heterocycles. The van der Waals surface area contributed by atoms with E-state index in [0.29, 0.717) is 4.48 Å². The third-order valence-corrected chi connectivity index (χ3v) is 2.70. The highest BCUT2D eigenvalue weighted by Gasteiger charge is 2.17. The Morgan fingerprint density at radius 1 is 0.875 bits per heavy atom. The van der Waals surface area contributed by atoms with E-state index in [1.165, 1.54) is 0 Å². The second-order valence-electron chi connectivity index (χ2n) is 5.22. The van der Waals surface area contributed by atoms with Gasteiger partial charge in [0, 0.05) is 12.1 Å². The highest BCUT2D eigenvalue weighted by Crippen LogP contribution is 2.27. The summed E-state index contributed by atoms with van der Waals surface area (Å²) < 4.78 is 0.667. The molecule has 0 heterocycles. The molecule has 0 aliphatic heterocycles. The Morgan fingerprint density at radius 2 is 1.25 bits per heavy atom. The first-order valence-corrected chi connectivity index (χ1v) is 5.55. The maximum Gasteiger partial charge on any atom is 0.132 e. The van der Waals surface area contributed by atoms with E-state index in [-0.39, 0.29) is 0 Å². The first-order valence-electron chi connectivity index (χ1n) is 5.55. The van der Waals surface area contributed by atoms with Gasteiger partial charge in [0.25, 0.3) is 0 Å². The second-order valence-corrected chi connectivity index (χ2v) is 5.22. The summed E-state index contributed by atoms with van der Waals surface area (Å²) >= 11 is 0. The lowest BCUT2D eigenvalue weighted by molar-refractivity contribution is 0.192. The SMILES string of the molecule is CC(O)c1cc(C(C)O)cc([N+](C)(C)C)c1. The molecule has 2 N–H and O–H groups in total. The van der Waals surface area contributed by atoms with Gasteiger partial charge in [0.05, 0.1) is 33.4 Å². The van der Waals surface area contributed by atoms with Gasteiger partial charge in [0.1, 0.15) is 5.69 Å². The van der Waals surface area contributed by atoms with Crippen molar-refractivity contribution in [2.24, 2.45) is 0 Å². The molecular formula is C13H22NO2+. The first kappa shape index (κ1) is 13.2. The van der Waals surface area contributed by atoms with Crippen LogP contribution in [-0.2, 0) is 0 Å². The average molecular weight is 224 g/mol. The fourth-order valence-corrected chi connectivity index (χ4v) is 1.53. The second kappa shape index (κ2) is 4.53. The maximum absolute atomic E-state index is 9.63. The summed E-state index contributed by atoms with van der Waals surface area (Å²) in [6, 6.07) is 5.82. The Kier molecular flexibility index (Phi) is 3.73. The largest absolute Gasteiger partial charge is 0.389 e. The van der Waals surface area contributed by atoms with Crippen LogP contribution >= 0.6 is 0 Å². The number of benzene rings is 1. The predicted octanol–water partition coefficient (Wildman–Crippen LogP) is 1.99. The Morgan fingerprint density at radius 3 is 1.50 bits per heavy atom. The normalized spacial score (nSPS) is 15.9. The molecule has 0 radical (unpaired) electrons. The Labute approximate surface area is 97.5 Å². The summed E-state index contributed by atoms with van der Waals surface area (Å²) in [5.74, 6) is 0. The fraction of sp³-hybridized carbons (Fsp3) is 0.538. The van der Waals surface area contributed by atoms with E-state index in [0.717, 1.165) is 16.8 Å². The van der Waals surface area contributed by atoms with Crippen LogP contribution in [0.1, 0.15) is 37.2 Å². The predicted molar refractivity (Wildman–Crippen MR) is 67.3 cm³/mol. The quantitative estimate of drug-likeness (QED) is 0.771. The number of nitrogens with zero attached hydrogens (tertiary/aromatic N) is 1. The fourth-order valence-electron chi connectivity index (χ4n) is 1.53. The average Bonchev–Trinajstić information content (AvgIpc) is 2.15. The molecule has 0 fully saturated rings. The van der Waals surface area contributed by atoms with Crippen LogP contribution in [0.3, 0.4) is 0 Å². The van der Waals surface area contributed by atoms with Crippen LogP contribution in [0.5, 0.6) is 0 Å². The van der Waals surface area contributed by atoms with Crippen LogP contribution in [0.15, 0.2) is 18.2 Å². The van der Waals surface area contributed by atoms with Crippen molar-refractivity contribution in [3.63, 3.8) is 0 Å². The van der Waals surface area contributed by atoms with Crippen LogP contribution in [-0.4, -0.2) is 31.4 Å². The summed E-state index contributed by atoms with van der Waals surface area (Å²) in [5, 5.41) is 19.3. The molecule has 1 aromatic carbocycles. The van der Waals surface area contributed by atoms with Crippen LogP contribution in [0, 0.1) is 0 Å². The third-order valence-electron chi connectivity index (χ3n) is 2.70. The van der Waals surface area contributed by atoms with Gasteiger partial charge in [-0.05, 0) is 25.0 Å². The minimum Gasteiger partial charge on any atom is -0.389 e. The lowest BCUT2D eigenvalue weighted by atomic mass is 10.0. The van der Waals surface area contributed by atoms with E-state index in [4.69, 9.17) is 0 Å². The Hall–Kier alpha value is -0.900. The van der Waals surface area contributed by atoms with Crippen molar-refractivity contribution in [1.29, 1.82) is 0 Å². The van der Waals surface area contributed by atoms with E-state index >= 15 is 0 Å². The van der Waals surface area contributed by atoms with Gasteiger partial charge in [-0.2, -0.15) is 0 Å². The minimum absolute atomic E-state index is 0.510. The van der Waals surface area contributed by atoms with Crippen molar-refractivity contribution < 1.29 is 10.2 Å². The molecule has 0 aliphatic rings. The summed E-state index contributed by atoms with van der Waals surface area (Å²) in [4.78, 5) is 0. The van der Waals surface area contributed by atoms with Crippen LogP contribution < -0.4 is 4.48 Å². The van der Waals surface area contributed by atoms with Gasteiger partial charge in [-0.15, -0.1) is 0 Å². The first-order chi connectivity index (χ1) is 7.21. The lowest BCUT2D eigenvalue weighted by Gasteiger charge is -2.25. The standard InChI is InChI=1S/C13H22NO2/c1-9(15)11-6-12(10(2)16)8-13(7-11)14(3,4)5/h6-10,15-16H,1-5H3/q+1. The number of hydrogen-bond donors (Lipinski definition) is 2. The molecule has 0 aliphatic carbocycles. The topological polar surface area (TPSA) is 40.5 Å². The van der Waals surface area contributed by atoms with Gasteiger partial charge in [-0.25, -0.2) is 0 Å². The molecule has 1 aromatic rings. The third kappa shape index (κ3) is 3.04. The van der Waals surface area contributed by atoms with E-state index in [1.807, 2.05) is 18.2 Å². The maximum atomic E-state index is 9.63. The summed E-state index contributed by atoms with van der Waals surface area (Å²) in [6.07, 6.45) is -1.02. The number of aliphatic hydroxyl groups is 2. The molecule has 0 amide bonds. The molecule has 3 heteroatoms. The van der Waals surface area contributed by atoms with Crippen molar-refractivity contribution in [1.82, 2.24) is 4.48 Å². The lowest BCUT2D eigenvalue weighted by Crippen LogP contribution is -2.35. The van der Waals surface area contributed by atoms with E-state index in [2.05, 4.69) is 21.1 Å². The van der Waals surface area contributed by atoms with Crippen molar-refractivity contribution in [3.8, 4) is 0 Å². The molecule has 1 rings (SSSR count).